The van der Waals surface area contributed by atoms with Gasteiger partial charge >= 0.3 is 0 Å². The number of carbonyl (C=O) groups is 1. The SMILES string of the molecule is CONC(=O)C(C)(OC)c1ccc(N2CCCCC2)nc1. The number of anilines is 1. The fourth-order valence-corrected chi connectivity index (χ4v) is 2.51. The van der Waals surface area contributed by atoms with Gasteiger partial charge in [0.1, 0.15) is 5.82 Å². The standard InChI is InChI=1S/C15H23N3O3/c1-15(20-2,14(19)17-21-3)12-7-8-13(16-11-12)18-9-5-4-6-10-18/h7-8,11H,4-6,9-10H2,1-3H3,(H,17,19). The quantitative estimate of drug-likeness (QED) is 0.836. The van der Waals surface area contributed by atoms with Gasteiger partial charge in [-0.1, -0.05) is 6.07 Å². The minimum absolute atomic E-state index is 0.361. The molecule has 2 heterocycles. The Hall–Kier alpha value is -1.66. The number of piperidine rings is 1. The van der Waals surface area contributed by atoms with Crippen molar-refractivity contribution < 1.29 is 14.4 Å². The molecule has 0 saturated carbocycles. The first-order valence-electron chi connectivity index (χ1n) is 7.22. The van der Waals surface area contributed by atoms with E-state index in [1.165, 1.54) is 33.5 Å². The van der Waals surface area contributed by atoms with E-state index >= 15 is 0 Å². The van der Waals surface area contributed by atoms with Gasteiger partial charge in [0.05, 0.1) is 7.11 Å². The van der Waals surface area contributed by atoms with Crippen molar-refractivity contribution in [1.82, 2.24) is 10.5 Å². The van der Waals surface area contributed by atoms with Gasteiger partial charge in [-0.3, -0.25) is 9.63 Å². The topological polar surface area (TPSA) is 63.7 Å². The molecule has 0 aromatic carbocycles. The van der Waals surface area contributed by atoms with Gasteiger partial charge < -0.3 is 9.64 Å². The van der Waals surface area contributed by atoms with Crippen LogP contribution in [0.2, 0.25) is 0 Å². The van der Waals surface area contributed by atoms with Gasteiger partial charge in [0.15, 0.2) is 5.60 Å². The van der Waals surface area contributed by atoms with Crippen LogP contribution in [0.25, 0.3) is 0 Å². The van der Waals surface area contributed by atoms with Gasteiger partial charge in [0, 0.05) is 32.0 Å². The van der Waals surface area contributed by atoms with Gasteiger partial charge in [-0.05, 0) is 32.3 Å². The van der Waals surface area contributed by atoms with E-state index in [0.717, 1.165) is 18.9 Å². The first kappa shape index (κ1) is 15.7. The molecule has 1 aliphatic rings. The maximum atomic E-state index is 12.1. The van der Waals surface area contributed by atoms with Crippen LogP contribution in [-0.4, -0.2) is 38.2 Å². The highest BCUT2D eigenvalue weighted by Crippen LogP contribution is 2.26. The molecule has 6 nitrogen and oxygen atoms in total. The summed E-state index contributed by atoms with van der Waals surface area (Å²) in [5.41, 5.74) is 1.88. The lowest BCUT2D eigenvalue weighted by Crippen LogP contribution is -2.43. The molecule has 2 rings (SSSR count). The molecule has 1 aromatic heterocycles. The van der Waals surface area contributed by atoms with Gasteiger partial charge in [-0.25, -0.2) is 10.5 Å². The van der Waals surface area contributed by atoms with Gasteiger partial charge in [-0.15, -0.1) is 0 Å². The number of hydrogen-bond acceptors (Lipinski definition) is 5. The molecule has 1 N–H and O–H groups in total. The zero-order chi connectivity index (χ0) is 15.3. The Labute approximate surface area is 125 Å². The van der Waals surface area contributed by atoms with Crippen LogP contribution in [0, 0.1) is 0 Å². The second-order valence-corrected chi connectivity index (χ2v) is 5.33. The average Bonchev–Trinajstić information content (AvgIpc) is 2.55. The van der Waals surface area contributed by atoms with Crippen LogP contribution in [0.4, 0.5) is 5.82 Å². The number of aromatic nitrogens is 1. The zero-order valence-electron chi connectivity index (χ0n) is 12.9. The van der Waals surface area contributed by atoms with Crippen molar-refractivity contribution in [2.75, 3.05) is 32.2 Å². The van der Waals surface area contributed by atoms with Crippen LogP contribution in [0.5, 0.6) is 0 Å². The molecule has 0 bridgehead atoms. The van der Waals surface area contributed by atoms with Crippen LogP contribution < -0.4 is 10.4 Å². The Morgan fingerprint density at radius 3 is 2.52 bits per heavy atom. The van der Waals surface area contributed by atoms with Crippen molar-refractivity contribution in [2.24, 2.45) is 0 Å². The first-order valence-corrected chi connectivity index (χ1v) is 7.22. The molecule has 1 atom stereocenters. The van der Waals surface area contributed by atoms with E-state index in [1.54, 1.807) is 13.1 Å². The number of methoxy groups -OCH3 is 1. The Bertz CT molecular complexity index is 472. The van der Waals surface area contributed by atoms with E-state index in [4.69, 9.17) is 4.74 Å². The highest BCUT2D eigenvalue weighted by atomic mass is 16.6. The number of nitrogens with zero attached hydrogens (tertiary/aromatic N) is 2. The number of hydrogen-bond donors (Lipinski definition) is 1. The second kappa shape index (κ2) is 6.87. The minimum Gasteiger partial charge on any atom is -0.364 e. The molecular formula is C15H23N3O3. The fourth-order valence-electron chi connectivity index (χ4n) is 2.51. The van der Waals surface area contributed by atoms with Gasteiger partial charge in [0.25, 0.3) is 5.91 Å². The van der Waals surface area contributed by atoms with Crippen LogP contribution in [-0.2, 0) is 20.0 Å². The summed E-state index contributed by atoms with van der Waals surface area (Å²) in [7, 11) is 2.89. The van der Waals surface area contributed by atoms with Crippen LogP contribution in [0.15, 0.2) is 18.3 Å². The molecule has 6 heteroatoms. The van der Waals surface area contributed by atoms with Gasteiger partial charge in [-0.2, -0.15) is 0 Å². The Kier molecular flexibility index (Phi) is 5.14. The summed E-state index contributed by atoms with van der Waals surface area (Å²) in [6, 6.07) is 3.83. The number of pyridine rings is 1. The molecule has 0 aliphatic carbocycles. The molecule has 1 saturated heterocycles. The highest BCUT2D eigenvalue weighted by molar-refractivity contribution is 5.85. The van der Waals surface area contributed by atoms with E-state index in [0.29, 0.717) is 5.56 Å². The van der Waals surface area contributed by atoms with Crippen LogP contribution in [0.3, 0.4) is 0 Å². The Balaban J connectivity index is 2.17. The number of hydroxylamine groups is 1. The average molecular weight is 293 g/mol. The molecular weight excluding hydrogens is 270 g/mol. The molecule has 0 radical (unpaired) electrons. The monoisotopic (exact) mass is 293 g/mol. The lowest BCUT2D eigenvalue weighted by molar-refractivity contribution is -0.153. The van der Waals surface area contributed by atoms with Crippen molar-refractivity contribution in [3.8, 4) is 0 Å². The summed E-state index contributed by atoms with van der Waals surface area (Å²) < 4.78 is 5.38. The third-order valence-electron chi connectivity index (χ3n) is 4.02. The van der Waals surface area contributed by atoms with Crippen LogP contribution in [0.1, 0.15) is 31.7 Å². The summed E-state index contributed by atoms with van der Waals surface area (Å²) in [5.74, 6) is 0.587. The van der Waals surface area contributed by atoms with E-state index in [2.05, 4.69) is 20.2 Å². The minimum atomic E-state index is -1.12. The summed E-state index contributed by atoms with van der Waals surface area (Å²) >= 11 is 0. The van der Waals surface area contributed by atoms with Crippen molar-refractivity contribution in [1.29, 1.82) is 0 Å². The molecule has 21 heavy (non-hydrogen) atoms. The summed E-state index contributed by atoms with van der Waals surface area (Å²) in [6.45, 7) is 3.77. The normalized spacial score (nSPS) is 18.1. The van der Waals surface area contributed by atoms with Crippen molar-refractivity contribution in [3.05, 3.63) is 23.9 Å². The predicted molar refractivity (Wildman–Crippen MR) is 79.8 cm³/mol. The van der Waals surface area contributed by atoms with Crippen molar-refractivity contribution in [3.63, 3.8) is 0 Å². The summed E-state index contributed by atoms with van der Waals surface area (Å²) in [6.07, 6.45) is 5.39. The van der Waals surface area contributed by atoms with E-state index in [1.807, 2.05) is 12.1 Å². The molecule has 116 valence electrons. The molecule has 1 fully saturated rings. The number of ether oxygens (including phenoxy) is 1. The van der Waals surface area contributed by atoms with E-state index < -0.39 is 5.60 Å². The Morgan fingerprint density at radius 1 is 1.29 bits per heavy atom. The predicted octanol–water partition coefficient (Wildman–Crippen LogP) is 1.61. The summed E-state index contributed by atoms with van der Waals surface area (Å²) in [4.78, 5) is 23.5. The smallest absolute Gasteiger partial charge is 0.280 e. The maximum absolute atomic E-state index is 12.1. The second-order valence-electron chi connectivity index (χ2n) is 5.33. The molecule has 1 amide bonds. The summed E-state index contributed by atoms with van der Waals surface area (Å²) in [5, 5.41) is 0. The van der Waals surface area contributed by atoms with Crippen LogP contribution >= 0.6 is 0 Å². The maximum Gasteiger partial charge on any atom is 0.280 e. The first-order chi connectivity index (χ1) is 10.1. The highest BCUT2D eigenvalue weighted by Gasteiger charge is 2.36. The molecule has 0 spiro atoms. The molecule has 1 aliphatic heterocycles. The fraction of sp³-hybridized carbons (Fsp3) is 0.600. The third-order valence-corrected chi connectivity index (χ3v) is 4.02. The molecule has 1 unspecified atom stereocenters. The number of nitrogens with one attached hydrogen (secondary N) is 1. The zero-order valence-corrected chi connectivity index (χ0v) is 12.9. The van der Waals surface area contributed by atoms with E-state index in [-0.39, 0.29) is 5.91 Å². The Morgan fingerprint density at radius 2 is 2.00 bits per heavy atom. The molecule has 1 aromatic rings. The van der Waals surface area contributed by atoms with E-state index in [9.17, 15) is 4.79 Å². The lowest BCUT2D eigenvalue weighted by Gasteiger charge is -2.29. The lowest BCUT2D eigenvalue weighted by atomic mass is 9.96. The third kappa shape index (κ3) is 3.33. The van der Waals surface area contributed by atoms with Crippen molar-refractivity contribution in [2.45, 2.75) is 31.8 Å². The van der Waals surface area contributed by atoms with Gasteiger partial charge in [0.2, 0.25) is 0 Å². The largest absolute Gasteiger partial charge is 0.364 e. The van der Waals surface area contributed by atoms with Crippen molar-refractivity contribution >= 4 is 11.7 Å². The number of carbonyl (C=O) groups excluding carboxylic acids is 1. The number of rotatable bonds is 5. The number of amides is 1.